The largest absolute Gasteiger partial charge is 0.426 e. The third-order valence-corrected chi connectivity index (χ3v) is 5.23. The van der Waals surface area contributed by atoms with Crippen molar-refractivity contribution in [1.29, 1.82) is 0 Å². The number of hydrogen-bond donors (Lipinski definition) is 4. The van der Waals surface area contributed by atoms with E-state index in [0.717, 1.165) is 27.8 Å². The number of aryl methyl sites for hydroxylation is 2. The molecule has 1 aliphatic rings. The van der Waals surface area contributed by atoms with Crippen LogP contribution in [0.2, 0.25) is 0 Å². The van der Waals surface area contributed by atoms with E-state index in [-0.39, 0.29) is 12.6 Å². The van der Waals surface area contributed by atoms with E-state index in [2.05, 4.69) is 0 Å². The summed E-state index contributed by atoms with van der Waals surface area (Å²) in [5.41, 5.74) is 4.35. The van der Waals surface area contributed by atoms with Crippen LogP contribution >= 0.6 is 0 Å². The summed E-state index contributed by atoms with van der Waals surface area (Å²) < 4.78 is 16.3. The average molecular weight is 432 g/mol. The maximum atomic E-state index is 11.3. The summed E-state index contributed by atoms with van der Waals surface area (Å²) in [6.45, 7) is 4.69. The summed E-state index contributed by atoms with van der Waals surface area (Å²) in [7, 11) is 0. The molecular weight excluding hydrogens is 404 g/mol. The first-order valence-corrected chi connectivity index (χ1v) is 10.0. The van der Waals surface area contributed by atoms with Gasteiger partial charge in [0.05, 0.1) is 13.2 Å². The van der Waals surface area contributed by atoms with Crippen molar-refractivity contribution in [3.63, 3.8) is 0 Å². The van der Waals surface area contributed by atoms with Crippen LogP contribution in [0.4, 0.5) is 0 Å². The number of carbonyl (C=O) groups is 1. The Morgan fingerprint density at radius 3 is 2.29 bits per heavy atom. The Morgan fingerprint density at radius 1 is 1.00 bits per heavy atom. The van der Waals surface area contributed by atoms with Gasteiger partial charge in [-0.1, -0.05) is 18.2 Å². The lowest BCUT2D eigenvalue weighted by molar-refractivity contribution is -0.304. The van der Waals surface area contributed by atoms with Crippen molar-refractivity contribution in [1.82, 2.24) is 0 Å². The second-order valence-corrected chi connectivity index (χ2v) is 7.74. The molecule has 0 spiro atoms. The summed E-state index contributed by atoms with van der Waals surface area (Å²) in [5, 5.41) is 39.1. The van der Waals surface area contributed by atoms with Gasteiger partial charge in [-0.2, -0.15) is 0 Å². The van der Waals surface area contributed by atoms with Gasteiger partial charge in [0.25, 0.3) is 0 Å². The molecule has 5 atom stereocenters. The van der Waals surface area contributed by atoms with Crippen molar-refractivity contribution in [2.75, 3.05) is 6.61 Å². The van der Waals surface area contributed by atoms with Crippen LogP contribution in [0.1, 0.15) is 23.6 Å². The van der Waals surface area contributed by atoms with Gasteiger partial charge < -0.3 is 34.6 Å². The first-order valence-electron chi connectivity index (χ1n) is 10.0. The molecule has 31 heavy (non-hydrogen) atoms. The van der Waals surface area contributed by atoms with Crippen LogP contribution in [0.25, 0.3) is 11.1 Å². The first-order chi connectivity index (χ1) is 14.7. The molecule has 1 heterocycles. The van der Waals surface area contributed by atoms with E-state index in [1.807, 2.05) is 50.2 Å². The topological polar surface area (TPSA) is 126 Å². The molecule has 168 valence electrons. The third-order valence-electron chi connectivity index (χ3n) is 5.23. The molecule has 1 aliphatic heterocycles. The maximum Gasteiger partial charge on any atom is 0.308 e. The number of hydrogen-bond acceptors (Lipinski definition) is 8. The van der Waals surface area contributed by atoms with Gasteiger partial charge in [-0.3, -0.25) is 4.79 Å². The van der Waals surface area contributed by atoms with Crippen LogP contribution in [0.3, 0.4) is 0 Å². The highest BCUT2D eigenvalue weighted by Crippen LogP contribution is 2.31. The van der Waals surface area contributed by atoms with E-state index in [1.165, 1.54) is 6.92 Å². The average Bonchev–Trinajstić information content (AvgIpc) is 2.74. The second-order valence-electron chi connectivity index (χ2n) is 7.74. The van der Waals surface area contributed by atoms with Crippen molar-refractivity contribution >= 4 is 5.97 Å². The van der Waals surface area contributed by atoms with Crippen LogP contribution in [-0.2, 0) is 20.9 Å². The predicted octanol–water partition coefficient (Wildman–Crippen LogP) is 1.21. The lowest BCUT2D eigenvalue weighted by atomic mass is 9.98. The highest BCUT2D eigenvalue weighted by molar-refractivity contribution is 5.73. The standard InChI is InChI=1S/C23H28O8/c1-12-7-17(8-13(2)22(12)30-14(3)25)16-6-4-5-15(9-16)11-29-23-21(28)20(27)19(26)18(10-24)31-23/h4-9,18-21,23-24,26-28H,10-11H2,1-3H3/t18-,19-,20+,21+,23-/m1/s1. The molecule has 1 saturated heterocycles. The van der Waals surface area contributed by atoms with Gasteiger partial charge in [0.1, 0.15) is 30.2 Å². The van der Waals surface area contributed by atoms with E-state index in [1.54, 1.807) is 0 Å². The minimum absolute atomic E-state index is 0.0834. The first kappa shape index (κ1) is 23.3. The lowest BCUT2D eigenvalue weighted by Crippen LogP contribution is -2.59. The molecule has 8 heteroatoms. The van der Waals surface area contributed by atoms with E-state index in [0.29, 0.717) is 5.75 Å². The molecule has 2 aromatic carbocycles. The molecule has 8 nitrogen and oxygen atoms in total. The molecule has 0 radical (unpaired) electrons. The van der Waals surface area contributed by atoms with Gasteiger partial charge in [0.2, 0.25) is 0 Å². The Balaban J connectivity index is 1.74. The highest BCUT2D eigenvalue weighted by atomic mass is 16.7. The molecule has 0 amide bonds. The zero-order valence-corrected chi connectivity index (χ0v) is 17.7. The van der Waals surface area contributed by atoms with Gasteiger partial charge in [-0.05, 0) is 59.9 Å². The fraction of sp³-hybridized carbons (Fsp3) is 0.435. The Kier molecular flexibility index (Phi) is 7.42. The number of ether oxygens (including phenoxy) is 3. The van der Waals surface area contributed by atoms with Gasteiger partial charge >= 0.3 is 5.97 Å². The van der Waals surface area contributed by atoms with E-state index in [4.69, 9.17) is 14.2 Å². The summed E-state index contributed by atoms with van der Waals surface area (Å²) in [4.78, 5) is 11.3. The van der Waals surface area contributed by atoms with E-state index >= 15 is 0 Å². The quantitative estimate of drug-likeness (QED) is 0.397. The van der Waals surface area contributed by atoms with E-state index < -0.39 is 37.3 Å². The van der Waals surface area contributed by atoms with Crippen LogP contribution in [0, 0.1) is 13.8 Å². The minimum Gasteiger partial charge on any atom is -0.426 e. The molecule has 1 fully saturated rings. The van der Waals surface area contributed by atoms with Crippen LogP contribution in [0.5, 0.6) is 5.75 Å². The van der Waals surface area contributed by atoms with Crippen LogP contribution in [0.15, 0.2) is 36.4 Å². The normalized spacial score (nSPS) is 26.0. The van der Waals surface area contributed by atoms with Gasteiger partial charge in [-0.15, -0.1) is 0 Å². The summed E-state index contributed by atoms with van der Waals surface area (Å²) >= 11 is 0. The number of rotatable bonds is 6. The van der Waals surface area contributed by atoms with Gasteiger partial charge in [0.15, 0.2) is 6.29 Å². The molecule has 0 bridgehead atoms. The molecule has 3 rings (SSSR count). The smallest absolute Gasteiger partial charge is 0.308 e. The molecule has 2 aromatic rings. The zero-order valence-electron chi connectivity index (χ0n) is 17.7. The molecule has 4 N–H and O–H groups in total. The second kappa shape index (κ2) is 9.86. The predicted molar refractivity (Wildman–Crippen MR) is 111 cm³/mol. The highest BCUT2D eigenvalue weighted by Gasteiger charge is 2.43. The summed E-state index contributed by atoms with van der Waals surface area (Å²) in [6, 6.07) is 11.4. The number of benzene rings is 2. The SMILES string of the molecule is CC(=O)Oc1c(C)cc(-c2cccc(CO[C@@H]3O[C@H](CO)[C@@H](O)[C@H](O)[C@@H]3O)c2)cc1C. The lowest BCUT2D eigenvalue weighted by Gasteiger charge is -2.39. The number of carbonyl (C=O) groups excluding carboxylic acids is 1. The van der Waals surface area contributed by atoms with E-state index in [9.17, 15) is 25.2 Å². The fourth-order valence-electron chi connectivity index (χ4n) is 3.65. The maximum absolute atomic E-state index is 11.3. The monoisotopic (exact) mass is 432 g/mol. The zero-order chi connectivity index (χ0) is 22.7. The molecule has 0 saturated carbocycles. The van der Waals surface area contributed by atoms with Crippen molar-refractivity contribution in [3.05, 3.63) is 53.1 Å². The molecule has 0 aliphatic carbocycles. The summed E-state index contributed by atoms with van der Waals surface area (Å²) in [5.74, 6) is 0.185. The molecular formula is C23H28O8. The third kappa shape index (κ3) is 5.30. The van der Waals surface area contributed by atoms with Crippen LogP contribution < -0.4 is 4.74 Å². The van der Waals surface area contributed by atoms with Crippen molar-refractivity contribution in [2.45, 2.75) is 58.1 Å². The Bertz CT molecular complexity index is 903. The fourth-order valence-corrected chi connectivity index (χ4v) is 3.65. The molecule has 0 aromatic heterocycles. The van der Waals surface area contributed by atoms with Crippen molar-refractivity contribution in [2.24, 2.45) is 0 Å². The van der Waals surface area contributed by atoms with Crippen molar-refractivity contribution < 1.29 is 39.4 Å². The minimum atomic E-state index is -1.48. The van der Waals surface area contributed by atoms with Gasteiger partial charge in [-0.25, -0.2) is 0 Å². The number of aliphatic hydroxyl groups is 4. The number of esters is 1. The molecule has 0 unspecified atom stereocenters. The Morgan fingerprint density at radius 2 is 1.68 bits per heavy atom. The van der Waals surface area contributed by atoms with Crippen molar-refractivity contribution in [3.8, 4) is 16.9 Å². The Labute approximate surface area is 180 Å². The van der Waals surface area contributed by atoms with Gasteiger partial charge in [0, 0.05) is 6.92 Å². The Hall–Kier alpha value is -2.33. The number of aliphatic hydroxyl groups excluding tert-OH is 4. The summed E-state index contributed by atoms with van der Waals surface area (Å²) in [6.07, 6.45) is -6.56. The van der Waals surface area contributed by atoms with Crippen LogP contribution in [-0.4, -0.2) is 63.7 Å².